The molecular formula is C18H21FN2. The first-order chi connectivity index (χ1) is 10.2. The highest BCUT2D eigenvalue weighted by Crippen LogP contribution is 2.03. The van der Waals surface area contributed by atoms with Crippen LogP contribution in [0.25, 0.3) is 0 Å². The standard InChI is InChI=1S/C18H21FN2/c1-15(20-13-11-16-5-3-2-4-6-16)21-14-12-17-7-9-18(19)10-8-17/h2-10,20-21H,1,11-14H2. The minimum absolute atomic E-state index is 0.196. The molecule has 110 valence electrons. The van der Waals surface area contributed by atoms with Crippen LogP contribution in [0.4, 0.5) is 4.39 Å². The molecule has 0 saturated heterocycles. The Kier molecular flexibility index (Phi) is 5.83. The molecule has 3 heteroatoms. The molecule has 0 aliphatic rings. The molecule has 0 unspecified atom stereocenters. The molecule has 0 heterocycles. The van der Waals surface area contributed by atoms with E-state index in [0.717, 1.165) is 37.3 Å². The van der Waals surface area contributed by atoms with Crippen LogP contribution in [0.1, 0.15) is 11.1 Å². The van der Waals surface area contributed by atoms with E-state index in [4.69, 9.17) is 0 Å². The van der Waals surface area contributed by atoms with Crippen LogP contribution in [0.15, 0.2) is 67.0 Å². The van der Waals surface area contributed by atoms with Gasteiger partial charge in [-0.2, -0.15) is 0 Å². The second kappa shape index (κ2) is 8.10. The largest absolute Gasteiger partial charge is 0.372 e. The summed E-state index contributed by atoms with van der Waals surface area (Å²) in [5.74, 6) is 0.631. The van der Waals surface area contributed by atoms with Gasteiger partial charge in [0.15, 0.2) is 0 Å². The third kappa shape index (κ3) is 5.69. The van der Waals surface area contributed by atoms with Crippen LogP contribution in [-0.4, -0.2) is 13.1 Å². The van der Waals surface area contributed by atoms with Crippen LogP contribution in [0.5, 0.6) is 0 Å². The molecule has 2 rings (SSSR count). The fraction of sp³-hybridized carbons (Fsp3) is 0.222. The van der Waals surface area contributed by atoms with Gasteiger partial charge in [-0.1, -0.05) is 49.0 Å². The van der Waals surface area contributed by atoms with Gasteiger partial charge in [0.05, 0.1) is 5.82 Å². The molecule has 0 aliphatic heterocycles. The number of nitrogens with one attached hydrogen (secondary N) is 2. The van der Waals surface area contributed by atoms with Gasteiger partial charge in [0.1, 0.15) is 5.82 Å². The van der Waals surface area contributed by atoms with Crippen LogP contribution in [0, 0.1) is 5.82 Å². The summed E-state index contributed by atoms with van der Waals surface area (Å²) >= 11 is 0. The molecule has 21 heavy (non-hydrogen) atoms. The molecule has 2 aromatic carbocycles. The molecular weight excluding hydrogens is 263 g/mol. The molecule has 0 amide bonds. The van der Waals surface area contributed by atoms with Gasteiger partial charge in [-0.15, -0.1) is 0 Å². The van der Waals surface area contributed by atoms with E-state index in [2.05, 4.69) is 29.3 Å². The Morgan fingerprint density at radius 2 is 1.33 bits per heavy atom. The maximum absolute atomic E-state index is 12.8. The summed E-state index contributed by atoms with van der Waals surface area (Å²) in [7, 11) is 0. The summed E-state index contributed by atoms with van der Waals surface area (Å²) < 4.78 is 12.8. The molecule has 0 aliphatic carbocycles. The zero-order valence-corrected chi connectivity index (χ0v) is 12.1. The predicted molar refractivity (Wildman–Crippen MR) is 85.4 cm³/mol. The second-order valence-corrected chi connectivity index (χ2v) is 4.94. The van der Waals surface area contributed by atoms with E-state index < -0.39 is 0 Å². The first-order valence-corrected chi connectivity index (χ1v) is 7.19. The van der Waals surface area contributed by atoms with Crippen molar-refractivity contribution in [2.75, 3.05) is 13.1 Å². The predicted octanol–water partition coefficient (Wildman–Crippen LogP) is 3.26. The zero-order chi connectivity index (χ0) is 14.9. The Hall–Kier alpha value is -2.29. The van der Waals surface area contributed by atoms with Crippen molar-refractivity contribution in [3.05, 3.63) is 83.9 Å². The molecule has 0 fully saturated rings. The maximum atomic E-state index is 12.8. The highest BCUT2D eigenvalue weighted by Gasteiger charge is 1.96. The lowest BCUT2D eigenvalue weighted by molar-refractivity contribution is 0.626. The lowest BCUT2D eigenvalue weighted by Crippen LogP contribution is -2.28. The summed E-state index contributed by atoms with van der Waals surface area (Å²) in [6.07, 6.45) is 1.82. The lowest BCUT2D eigenvalue weighted by Gasteiger charge is -2.12. The molecule has 2 nitrogen and oxygen atoms in total. The normalized spacial score (nSPS) is 10.1. The van der Waals surface area contributed by atoms with Gasteiger partial charge in [0.2, 0.25) is 0 Å². The van der Waals surface area contributed by atoms with Crippen molar-refractivity contribution in [2.45, 2.75) is 12.8 Å². The van der Waals surface area contributed by atoms with E-state index >= 15 is 0 Å². The first kappa shape index (κ1) is 15.1. The van der Waals surface area contributed by atoms with Crippen molar-refractivity contribution < 1.29 is 4.39 Å². The molecule has 0 atom stereocenters. The van der Waals surface area contributed by atoms with E-state index in [1.54, 1.807) is 0 Å². The van der Waals surface area contributed by atoms with Gasteiger partial charge in [0, 0.05) is 13.1 Å². The number of hydrogen-bond donors (Lipinski definition) is 2. The Bertz CT molecular complexity index is 549. The quantitative estimate of drug-likeness (QED) is 0.777. The number of halogens is 1. The summed E-state index contributed by atoms with van der Waals surface area (Å²) in [4.78, 5) is 0. The maximum Gasteiger partial charge on any atom is 0.123 e. The third-order valence-electron chi connectivity index (χ3n) is 3.26. The molecule has 0 spiro atoms. The van der Waals surface area contributed by atoms with Gasteiger partial charge in [0.25, 0.3) is 0 Å². The van der Waals surface area contributed by atoms with Crippen LogP contribution in [0.2, 0.25) is 0 Å². The van der Waals surface area contributed by atoms with Crippen molar-refractivity contribution in [3.63, 3.8) is 0 Å². The fourth-order valence-electron chi connectivity index (χ4n) is 2.07. The topological polar surface area (TPSA) is 24.1 Å². The van der Waals surface area contributed by atoms with E-state index in [0.29, 0.717) is 0 Å². The minimum atomic E-state index is -0.196. The first-order valence-electron chi connectivity index (χ1n) is 7.19. The molecule has 0 saturated carbocycles. The third-order valence-corrected chi connectivity index (χ3v) is 3.26. The average Bonchev–Trinajstić information content (AvgIpc) is 2.50. The lowest BCUT2D eigenvalue weighted by atomic mass is 10.1. The van der Waals surface area contributed by atoms with E-state index in [1.165, 1.54) is 17.7 Å². The molecule has 0 radical (unpaired) electrons. The van der Waals surface area contributed by atoms with Crippen molar-refractivity contribution >= 4 is 0 Å². The molecule has 2 aromatic rings. The van der Waals surface area contributed by atoms with Crippen molar-refractivity contribution in [3.8, 4) is 0 Å². The van der Waals surface area contributed by atoms with Crippen molar-refractivity contribution in [2.24, 2.45) is 0 Å². The van der Waals surface area contributed by atoms with E-state index in [1.807, 2.05) is 30.3 Å². The summed E-state index contributed by atoms with van der Waals surface area (Å²) in [5.41, 5.74) is 2.42. The Morgan fingerprint density at radius 1 is 0.810 bits per heavy atom. The van der Waals surface area contributed by atoms with Crippen LogP contribution < -0.4 is 10.6 Å². The zero-order valence-electron chi connectivity index (χ0n) is 12.1. The Balaban J connectivity index is 1.60. The smallest absolute Gasteiger partial charge is 0.123 e. The molecule has 0 bridgehead atoms. The number of hydrogen-bond acceptors (Lipinski definition) is 2. The van der Waals surface area contributed by atoms with E-state index in [-0.39, 0.29) is 5.82 Å². The van der Waals surface area contributed by atoms with Crippen molar-refractivity contribution in [1.29, 1.82) is 0 Å². The van der Waals surface area contributed by atoms with Gasteiger partial charge in [-0.3, -0.25) is 0 Å². The van der Waals surface area contributed by atoms with Crippen LogP contribution in [0.3, 0.4) is 0 Å². The van der Waals surface area contributed by atoms with E-state index in [9.17, 15) is 4.39 Å². The number of benzene rings is 2. The fourth-order valence-corrected chi connectivity index (χ4v) is 2.07. The van der Waals surface area contributed by atoms with Crippen molar-refractivity contribution in [1.82, 2.24) is 10.6 Å². The monoisotopic (exact) mass is 284 g/mol. The number of rotatable bonds is 8. The molecule has 0 aromatic heterocycles. The van der Waals surface area contributed by atoms with Gasteiger partial charge in [-0.25, -0.2) is 4.39 Å². The average molecular weight is 284 g/mol. The summed E-state index contributed by atoms with van der Waals surface area (Å²) in [6, 6.07) is 16.9. The summed E-state index contributed by atoms with van der Waals surface area (Å²) in [6.45, 7) is 5.58. The molecule has 2 N–H and O–H groups in total. The SMILES string of the molecule is C=C(NCCc1ccccc1)NCCc1ccc(F)cc1. The van der Waals surface area contributed by atoms with Gasteiger partial charge >= 0.3 is 0 Å². The summed E-state index contributed by atoms with van der Waals surface area (Å²) in [5, 5.41) is 6.49. The highest BCUT2D eigenvalue weighted by atomic mass is 19.1. The van der Waals surface area contributed by atoms with Crippen LogP contribution in [-0.2, 0) is 12.8 Å². The highest BCUT2D eigenvalue weighted by molar-refractivity contribution is 5.17. The minimum Gasteiger partial charge on any atom is -0.372 e. The van der Waals surface area contributed by atoms with Crippen LogP contribution >= 0.6 is 0 Å². The Labute approximate surface area is 125 Å². The second-order valence-electron chi connectivity index (χ2n) is 4.94. The van der Waals surface area contributed by atoms with Gasteiger partial charge in [-0.05, 0) is 36.1 Å². The van der Waals surface area contributed by atoms with Gasteiger partial charge < -0.3 is 10.6 Å². The Morgan fingerprint density at radius 3 is 1.90 bits per heavy atom.